The molecule has 2 aliphatic rings. The second-order valence-corrected chi connectivity index (χ2v) is 8.20. The predicted molar refractivity (Wildman–Crippen MR) is 99.4 cm³/mol. The van der Waals surface area contributed by atoms with Gasteiger partial charge in [-0.3, -0.25) is 4.90 Å². The maximum Gasteiger partial charge on any atom is 0.317 e. The molecule has 1 aliphatic heterocycles. The average Bonchev–Trinajstić information content (AvgIpc) is 3.44. The van der Waals surface area contributed by atoms with E-state index in [1.165, 1.54) is 11.1 Å². The van der Waals surface area contributed by atoms with Gasteiger partial charge in [0.15, 0.2) is 0 Å². The quantitative estimate of drug-likeness (QED) is 0.831. The van der Waals surface area contributed by atoms with Gasteiger partial charge >= 0.3 is 6.03 Å². The fourth-order valence-electron chi connectivity index (χ4n) is 3.54. The Morgan fingerprint density at radius 3 is 2.72 bits per heavy atom. The molecule has 1 aliphatic carbocycles. The zero-order valence-corrected chi connectivity index (χ0v) is 15.7. The van der Waals surface area contributed by atoms with Crippen molar-refractivity contribution in [2.45, 2.75) is 51.3 Å². The molecule has 5 nitrogen and oxygen atoms in total. The number of benzene rings is 1. The normalized spacial score (nSPS) is 19.2. The minimum absolute atomic E-state index is 0.106. The van der Waals surface area contributed by atoms with E-state index in [1.54, 1.807) is 11.9 Å². The second kappa shape index (κ2) is 7.34. The highest BCUT2D eigenvalue weighted by atomic mass is 16.3. The Hall–Kier alpha value is -1.59. The summed E-state index contributed by atoms with van der Waals surface area (Å²) in [6.07, 6.45) is 2.84. The minimum Gasteiger partial charge on any atom is -0.391 e. The Morgan fingerprint density at radius 2 is 2.04 bits per heavy atom. The number of nitrogens with one attached hydrogen (secondary N) is 1. The van der Waals surface area contributed by atoms with Gasteiger partial charge < -0.3 is 15.3 Å². The predicted octanol–water partition coefficient (Wildman–Crippen LogP) is 2.24. The van der Waals surface area contributed by atoms with Crippen LogP contribution >= 0.6 is 0 Å². The lowest BCUT2D eigenvalue weighted by atomic mass is 9.94. The van der Waals surface area contributed by atoms with Gasteiger partial charge in [-0.15, -0.1) is 0 Å². The van der Waals surface area contributed by atoms with E-state index in [0.29, 0.717) is 19.0 Å². The van der Waals surface area contributed by atoms with Crippen LogP contribution in [0.2, 0.25) is 0 Å². The van der Waals surface area contributed by atoms with E-state index < -0.39 is 0 Å². The van der Waals surface area contributed by atoms with Gasteiger partial charge in [-0.25, -0.2) is 4.79 Å². The highest BCUT2D eigenvalue weighted by Gasteiger charge is 2.32. The SMILES string of the molecule is CN(CC(O)C1CC1)C(=O)NCC(C)(C)N1CCc2ccccc2C1. The van der Waals surface area contributed by atoms with Crippen molar-refractivity contribution in [2.75, 3.05) is 26.7 Å². The van der Waals surface area contributed by atoms with E-state index in [-0.39, 0.29) is 17.7 Å². The van der Waals surface area contributed by atoms with Crippen LogP contribution in [0.4, 0.5) is 4.79 Å². The molecule has 0 bridgehead atoms. The fourth-order valence-corrected chi connectivity index (χ4v) is 3.54. The number of aliphatic hydroxyl groups excluding tert-OH is 1. The molecule has 0 radical (unpaired) electrons. The number of carbonyl (C=O) groups excluding carboxylic acids is 1. The Balaban J connectivity index is 1.50. The number of amides is 2. The second-order valence-electron chi connectivity index (χ2n) is 8.20. The number of likely N-dealkylation sites (N-methyl/N-ethyl adjacent to an activating group) is 1. The maximum atomic E-state index is 12.3. The molecule has 25 heavy (non-hydrogen) atoms. The molecule has 0 aromatic heterocycles. The van der Waals surface area contributed by atoms with Crippen molar-refractivity contribution in [3.05, 3.63) is 35.4 Å². The zero-order chi connectivity index (χ0) is 18.0. The Labute approximate surface area is 151 Å². The van der Waals surface area contributed by atoms with E-state index in [1.807, 2.05) is 0 Å². The summed E-state index contributed by atoms with van der Waals surface area (Å²) in [5, 5.41) is 13.0. The van der Waals surface area contributed by atoms with E-state index in [2.05, 4.69) is 48.3 Å². The third-order valence-corrected chi connectivity index (χ3v) is 5.63. The number of fused-ring (bicyclic) bond motifs is 1. The van der Waals surface area contributed by atoms with Crippen molar-refractivity contribution in [1.29, 1.82) is 0 Å². The molecule has 1 aromatic carbocycles. The monoisotopic (exact) mass is 345 g/mol. The van der Waals surface area contributed by atoms with Crippen molar-refractivity contribution in [3.8, 4) is 0 Å². The first-order valence-corrected chi connectivity index (χ1v) is 9.36. The molecule has 2 amide bonds. The molecule has 1 heterocycles. The Morgan fingerprint density at radius 1 is 1.36 bits per heavy atom. The van der Waals surface area contributed by atoms with Gasteiger partial charge in [0.2, 0.25) is 0 Å². The number of nitrogens with zero attached hydrogens (tertiary/aromatic N) is 2. The molecule has 2 N–H and O–H groups in total. The van der Waals surface area contributed by atoms with Crippen LogP contribution in [-0.4, -0.2) is 59.3 Å². The average molecular weight is 345 g/mol. The van der Waals surface area contributed by atoms with E-state index in [0.717, 1.165) is 32.4 Å². The van der Waals surface area contributed by atoms with Crippen molar-refractivity contribution < 1.29 is 9.90 Å². The molecule has 138 valence electrons. The van der Waals surface area contributed by atoms with Crippen LogP contribution in [0.5, 0.6) is 0 Å². The highest BCUT2D eigenvalue weighted by molar-refractivity contribution is 5.74. The van der Waals surface area contributed by atoms with E-state index in [4.69, 9.17) is 0 Å². The number of urea groups is 1. The molecule has 3 rings (SSSR count). The van der Waals surface area contributed by atoms with Crippen molar-refractivity contribution >= 4 is 6.03 Å². The number of aliphatic hydroxyl groups is 1. The first-order chi connectivity index (χ1) is 11.9. The summed E-state index contributed by atoms with van der Waals surface area (Å²) in [5.41, 5.74) is 2.71. The molecule has 1 atom stereocenters. The van der Waals surface area contributed by atoms with Gasteiger partial charge in [0.25, 0.3) is 0 Å². The van der Waals surface area contributed by atoms with Gasteiger partial charge in [-0.05, 0) is 50.2 Å². The first-order valence-electron chi connectivity index (χ1n) is 9.36. The summed E-state index contributed by atoms with van der Waals surface area (Å²) in [4.78, 5) is 16.4. The van der Waals surface area contributed by atoms with Crippen LogP contribution in [0, 0.1) is 5.92 Å². The summed E-state index contributed by atoms with van der Waals surface area (Å²) in [6, 6.07) is 8.50. The Kier molecular flexibility index (Phi) is 5.35. The summed E-state index contributed by atoms with van der Waals surface area (Å²) in [7, 11) is 1.76. The number of hydrogen-bond donors (Lipinski definition) is 2. The summed E-state index contributed by atoms with van der Waals surface area (Å²) in [6.45, 7) is 7.30. The van der Waals surface area contributed by atoms with Crippen LogP contribution < -0.4 is 5.32 Å². The third kappa shape index (κ3) is 4.53. The molecule has 1 fully saturated rings. The van der Waals surface area contributed by atoms with Crippen LogP contribution in [0.15, 0.2) is 24.3 Å². The standard InChI is InChI=1S/C20H31N3O2/c1-20(2,23-11-10-15-6-4-5-7-17(15)12-23)14-21-19(25)22(3)13-18(24)16-8-9-16/h4-7,16,18,24H,8-14H2,1-3H3,(H,21,25). The molecule has 1 aromatic rings. The largest absolute Gasteiger partial charge is 0.391 e. The van der Waals surface area contributed by atoms with Crippen molar-refractivity contribution in [3.63, 3.8) is 0 Å². The molecular weight excluding hydrogens is 314 g/mol. The van der Waals surface area contributed by atoms with Crippen LogP contribution in [0.25, 0.3) is 0 Å². The molecule has 1 saturated carbocycles. The summed E-state index contributed by atoms with van der Waals surface area (Å²) in [5.74, 6) is 0.389. The van der Waals surface area contributed by atoms with Gasteiger partial charge in [0.05, 0.1) is 6.10 Å². The first kappa shape index (κ1) is 18.2. The smallest absolute Gasteiger partial charge is 0.317 e. The van der Waals surface area contributed by atoms with E-state index in [9.17, 15) is 9.90 Å². The molecule has 1 unspecified atom stereocenters. The fraction of sp³-hybridized carbons (Fsp3) is 0.650. The summed E-state index contributed by atoms with van der Waals surface area (Å²) < 4.78 is 0. The van der Waals surface area contributed by atoms with Crippen LogP contribution in [-0.2, 0) is 13.0 Å². The van der Waals surface area contributed by atoms with Crippen LogP contribution in [0.1, 0.15) is 37.8 Å². The topological polar surface area (TPSA) is 55.8 Å². The van der Waals surface area contributed by atoms with Crippen molar-refractivity contribution in [1.82, 2.24) is 15.1 Å². The maximum absolute atomic E-state index is 12.3. The summed E-state index contributed by atoms with van der Waals surface area (Å²) >= 11 is 0. The lowest BCUT2D eigenvalue weighted by molar-refractivity contribution is 0.0958. The van der Waals surface area contributed by atoms with Gasteiger partial charge in [-0.2, -0.15) is 0 Å². The number of hydrogen-bond acceptors (Lipinski definition) is 3. The number of rotatable bonds is 6. The molecule has 5 heteroatoms. The molecular formula is C20H31N3O2. The highest BCUT2D eigenvalue weighted by Crippen LogP contribution is 2.32. The molecule has 0 spiro atoms. The minimum atomic E-state index is -0.387. The van der Waals surface area contributed by atoms with Gasteiger partial charge in [-0.1, -0.05) is 24.3 Å². The van der Waals surface area contributed by atoms with Gasteiger partial charge in [0.1, 0.15) is 0 Å². The van der Waals surface area contributed by atoms with E-state index >= 15 is 0 Å². The lowest BCUT2D eigenvalue weighted by Gasteiger charge is -2.42. The molecule has 0 saturated heterocycles. The lowest BCUT2D eigenvalue weighted by Crippen LogP contribution is -2.54. The third-order valence-electron chi connectivity index (χ3n) is 5.63. The zero-order valence-electron chi connectivity index (χ0n) is 15.7. The Bertz CT molecular complexity index is 613. The number of carbonyl (C=O) groups is 1. The van der Waals surface area contributed by atoms with Crippen LogP contribution in [0.3, 0.4) is 0 Å². The van der Waals surface area contributed by atoms with Crippen molar-refractivity contribution in [2.24, 2.45) is 5.92 Å². The van der Waals surface area contributed by atoms with Gasteiger partial charge in [0, 0.05) is 38.8 Å².